The molecule has 2 rings (SSSR count). The molecule has 0 saturated carbocycles. The first kappa shape index (κ1) is 13.9. The van der Waals surface area contributed by atoms with Crippen LogP contribution in [-0.2, 0) is 0 Å². The van der Waals surface area contributed by atoms with Crippen molar-refractivity contribution >= 4 is 33.2 Å². The number of aryl methyl sites for hydroxylation is 1. The fourth-order valence-electron chi connectivity index (χ4n) is 1.77. The second-order valence-corrected chi connectivity index (χ2v) is 5.46. The SMILES string of the molecule is Cc1ccccc1NC(C#N)c1ccc(Br)c(Cl)c1. The third kappa shape index (κ3) is 3.28. The van der Waals surface area contributed by atoms with Gasteiger partial charge in [-0.2, -0.15) is 5.26 Å². The molecule has 2 nitrogen and oxygen atoms in total. The smallest absolute Gasteiger partial charge is 0.140 e. The zero-order chi connectivity index (χ0) is 13.8. The summed E-state index contributed by atoms with van der Waals surface area (Å²) in [5.74, 6) is 0. The molecule has 2 aromatic carbocycles. The van der Waals surface area contributed by atoms with E-state index >= 15 is 0 Å². The van der Waals surface area contributed by atoms with Gasteiger partial charge < -0.3 is 5.32 Å². The van der Waals surface area contributed by atoms with Gasteiger partial charge in [-0.05, 0) is 52.2 Å². The van der Waals surface area contributed by atoms with Gasteiger partial charge in [0.1, 0.15) is 6.04 Å². The first-order valence-corrected chi connectivity index (χ1v) is 6.95. The summed E-state index contributed by atoms with van der Waals surface area (Å²) in [6.45, 7) is 2.01. The molecule has 0 radical (unpaired) electrons. The van der Waals surface area contributed by atoms with E-state index in [1.54, 1.807) is 6.07 Å². The number of benzene rings is 2. The molecule has 0 fully saturated rings. The van der Waals surface area contributed by atoms with Crippen LogP contribution in [0.4, 0.5) is 5.69 Å². The number of anilines is 1. The molecule has 2 aromatic rings. The van der Waals surface area contributed by atoms with E-state index in [0.29, 0.717) is 5.02 Å². The van der Waals surface area contributed by atoms with E-state index in [2.05, 4.69) is 27.3 Å². The van der Waals surface area contributed by atoms with Gasteiger partial charge in [0.25, 0.3) is 0 Å². The lowest BCUT2D eigenvalue weighted by Gasteiger charge is -2.15. The van der Waals surface area contributed by atoms with Crippen LogP contribution in [0.5, 0.6) is 0 Å². The summed E-state index contributed by atoms with van der Waals surface area (Å²) in [4.78, 5) is 0. The molecule has 1 atom stereocenters. The molecule has 0 aromatic heterocycles. The molecule has 1 unspecified atom stereocenters. The molecule has 0 bridgehead atoms. The molecule has 0 heterocycles. The van der Waals surface area contributed by atoms with Crippen molar-refractivity contribution in [2.24, 2.45) is 0 Å². The van der Waals surface area contributed by atoms with Gasteiger partial charge in [0, 0.05) is 10.2 Å². The van der Waals surface area contributed by atoms with E-state index in [1.165, 1.54) is 0 Å². The van der Waals surface area contributed by atoms with Crippen molar-refractivity contribution in [2.75, 3.05) is 5.32 Å². The van der Waals surface area contributed by atoms with E-state index in [-0.39, 0.29) is 0 Å². The van der Waals surface area contributed by atoms with Gasteiger partial charge in [-0.25, -0.2) is 0 Å². The lowest BCUT2D eigenvalue weighted by Crippen LogP contribution is -2.09. The second-order valence-electron chi connectivity index (χ2n) is 4.19. The summed E-state index contributed by atoms with van der Waals surface area (Å²) in [5.41, 5.74) is 2.90. The standard InChI is InChI=1S/C15H12BrClN2/c1-10-4-2-3-5-14(10)19-15(9-18)11-6-7-12(16)13(17)8-11/h2-8,15,19H,1H3. The second kappa shape index (κ2) is 6.10. The summed E-state index contributed by atoms with van der Waals surface area (Å²) >= 11 is 9.41. The third-order valence-corrected chi connectivity index (χ3v) is 4.08. The number of halogens is 2. The van der Waals surface area contributed by atoms with Crippen molar-refractivity contribution in [3.05, 3.63) is 63.1 Å². The highest BCUT2D eigenvalue weighted by Gasteiger charge is 2.12. The van der Waals surface area contributed by atoms with E-state index < -0.39 is 6.04 Å². The minimum Gasteiger partial charge on any atom is -0.366 e. The Hall–Kier alpha value is -1.50. The van der Waals surface area contributed by atoms with Gasteiger partial charge in [-0.1, -0.05) is 35.9 Å². The first-order valence-electron chi connectivity index (χ1n) is 5.78. The maximum absolute atomic E-state index is 9.32. The average Bonchev–Trinajstić information content (AvgIpc) is 2.41. The molecular weight excluding hydrogens is 324 g/mol. The van der Waals surface area contributed by atoms with E-state index in [0.717, 1.165) is 21.3 Å². The van der Waals surface area contributed by atoms with Crippen LogP contribution in [0, 0.1) is 18.3 Å². The molecule has 19 heavy (non-hydrogen) atoms. The van der Waals surface area contributed by atoms with Gasteiger partial charge in [0.05, 0.1) is 11.1 Å². The molecule has 0 saturated heterocycles. The number of hydrogen-bond donors (Lipinski definition) is 1. The number of para-hydroxylation sites is 1. The first-order chi connectivity index (χ1) is 9.11. The van der Waals surface area contributed by atoms with Crippen molar-refractivity contribution in [1.82, 2.24) is 0 Å². The minimum absolute atomic E-state index is 0.424. The summed E-state index contributed by atoms with van der Waals surface area (Å²) in [5, 5.41) is 13.2. The monoisotopic (exact) mass is 334 g/mol. The van der Waals surface area contributed by atoms with Crippen LogP contribution in [0.1, 0.15) is 17.2 Å². The third-order valence-electron chi connectivity index (χ3n) is 2.85. The Kier molecular flexibility index (Phi) is 4.47. The normalized spacial score (nSPS) is 11.7. The number of nitrogens with zero attached hydrogens (tertiary/aromatic N) is 1. The lowest BCUT2D eigenvalue weighted by atomic mass is 10.1. The van der Waals surface area contributed by atoms with Crippen molar-refractivity contribution in [3.63, 3.8) is 0 Å². The Morgan fingerprint density at radius 2 is 2.00 bits per heavy atom. The average molecular weight is 336 g/mol. The Balaban J connectivity index is 2.28. The zero-order valence-electron chi connectivity index (χ0n) is 10.3. The van der Waals surface area contributed by atoms with Gasteiger partial charge in [-0.15, -0.1) is 0 Å². The number of nitriles is 1. The van der Waals surface area contributed by atoms with Gasteiger partial charge in [-0.3, -0.25) is 0 Å². The summed E-state index contributed by atoms with van der Waals surface area (Å²) in [6, 6.07) is 15.2. The van der Waals surface area contributed by atoms with Crippen LogP contribution in [0.25, 0.3) is 0 Å². The van der Waals surface area contributed by atoms with Crippen LogP contribution in [0.2, 0.25) is 5.02 Å². The number of hydrogen-bond acceptors (Lipinski definition) is 2. The molecule has 0 amide bonds. The summed E-state index contributed by atoms with van der Waals surface area (Å²) in [6.07, 6.45) is 0. The predicted molar refractivity (Wildman–Crippen MR) is 82.3 cm³/mol. The van der Waals surface area contributed by atoms with Crippen LogP contribution in [-0.4, -0.2) is 0 Å². The topological polar surface area (TPSA) is 35.8 Å². The quantitative estimate of drug-likeness (QED) is 0.848. The molecule has 0 aliphatic carbocycles. The molecule has 1 N–H and O–H groups in total. The molecule has 0 spiro atoms. The maximum atomic E-state index is 9.32. The highest BCUT2D eigenvalue weighted by molar-refractivity contribution is 9.10. The predicted octanol–water partition coefficient (Wildman–Crippen LogP) is 5.09. The zero-order valence-corrected chi connectivity index (χ0v) is 12.7. The number of nitrogens with one attached hydrogen (secondary N) is 1. The highest BCUT2D eigenvalue weighted by Crippen LogP contribution is 2.28. The van der Waals surface area contributed by atoms with Crippen molar-refractivity contribution in [2.45, 2.75) is 13.0 Å². The molecule has 0 aliphatic rings. The Bertz CT molecular complexity index is 634. The van der Waals surface area contributed by atoms with E-state index in [9.17, 15) is 5.26 Å². The van der Waals surface area contributed by atoms with Crippen LogP contribution >= 0.6 is 27.5 Å². The van der Waals surface area contributed by atoms with Gasteiger partial charge in [0.15, 0.2) is 0 Å². The number of rotatable bonds is 3. The van der Waals surface area contributed by atoms with Gasteiger partial charge >= 0.3 is 0 Å². The Morgan fingerprint density at radius 3 is 2.63 bits per heavy atom. The highest BCUT2D eigenvalue weighted by atomic mass is 79.9. The molecule has 96 valence electrons. The fourth-order valence-corrected chi connectivity index (χ4v) is 2.21. The molecule has 4 heteroatoms. The van der Waals surface area contributed by atoms with Crippen molar-refractivity contribution in [1.29, 1.82) is 5.26 Å². The lowest BCUT2D eigenvalue weighted by molar-refractivity contribution is 0.993. The molecular formula is C15H12BrClN2. The maximum Gasteiger partial charge on any atom is 0.140 e. The van der Waals surface area contributed by atoms with Crippen molar-refractivity contribution < 1.29 is 0 Å². The van der Waals surface area contributed by atoms with E-state index in [4.69, 9.17) is 11.6 Å². The van der Waals surface area contributed by atoms with E-state index in [1.807, 2.05) is 43.3 Å². The summed E-state index contributed by atoms with van der Waals surface area (Å²) < 4.78 is 0.825. The van der Waals surface area contributed by atoms with Gasteiger partial charge in [0.2, 0.25) is 0 Å². The Labute approximate surface area is 126 Å². The molecule has 0 aliphatic heterocycles. The fraction of sp³-hybridized carbons (Fsp3) is 0.133. The Morgan fingerprint density at radius 1 is 1.26 bits per heavy atom. The van der Waals surface area contributed by atoms with Crippen molar-refractivity contribution in [3.8, 4) is 6.07 Å². The van der Waals surface area contributed by atoms with Crippen LogP contribution in [0.3, 0.4) is 0 Å². The summed E-state index contributed by atoms with van der Waals surface area (Å²) in [7, 11) is 0. The van der Waals surface area contributed by atoms with Crippen LogP contribution < -0.4 is 5.32 Å². The minimum atomic E-state index is -0.424. The largest absolute Gasteiger partial charge is 0.366 e. The van der Waals surface area contributed by atoms with Crippen LogP contribution in [0.15, 0.2) is 46.9 Å².